The van der Waals surface area contributed by atoms with Gasteiger partial charge < -0.3 is 5.11 Å². The van der Waals surface area contributed by atoms with Gasteiger partial charge in [0.25, 0.3) is 10.2 Å². The summed E-state index contributed by atoms with van der Waals surface area (Å²) in [6, 6.07) is -1.18. The second kappa shape index (κ2) is 4.91. The molecular weight excluding hydrogens is 244 g/mol. The van der Waals surface area contributed by atoms with Gasteiger partial charge in [-0.25, -0.2) is 0 Å². The van der Waals surface area contributed by atoms with Crippen molar-refractivity contribution >= 4 is 16.2 Å². The van der Waals surface area contributed by atoms with Crippen molar-refractivity contribution in [1.29, 1.82) is 0 Å². The lowest BCUT2D eigenvalue weighted by Crippen LogP contribution is -2.55. The molecule has 0 heterocycles. The Morgan fingerprint density at radius 2 is 1.53 bits per heavy atom. The number of carboxylic acids is 1. The second-order valence-electron chi connectivity index (χ2n) is 6.11. The number of carboxylic acid groups (broad SMARTS) is 1. The molecule has 3 N–H and O–H groups in total. The summed E-state index contributed by atoms with van der Waals surface area (Å²) < 4.78 is 27.9. The Morgan fingerprint density at radius 3 is 1.76 bits per heavy atom. The molecule has 0 aliphatic carbocycles. The summed E-state index contributed by atoms with van der Waals surface area (Å²) in [5.41, 5.74) is -1.37. The third-order valence-corrected chi connectivity index (χ3v) is 3.25. The first-order chi connectivity index (χ1) is 7.25. The van der Waals surface area contributed by atoms with Gasteiger partial charge in [-0.3, -0.25) is 4.79 Å². The van der Waals surface area contributed by atoms with Crippen LogP contribution in [0.4, 0.5) is 0 Å². The number of aliphatic carboxylic acids is 1. The third kappa shape index (κ3) is 6.60. The molecule has 0 saturated heterocycles. The van der Waals surface area contributed by atoms with Crippen LogP contribution in [0.1, 0.15) is 41.5 Å². The average Bonchev–Trinajstić information content (AvgIpc) is 1.92. The zero-order valence-electron chi connectivity index (χ0n) is 11.2. The van der Waals surface area contributed by atoms with E-state index in [-0.39, 0.29) is 0 Å². The molecule has 1 atom stereocenters. The highest BCUT2D eigenvalue weighted by Gasteiger charge is 2.35. The van der Waals surface area contributed by atoms with Gasteiger partial charge in [-0.1, -0.05) is 20.8 Å². The predicted molar refractivity (Wildman–Crippen MR) is 65.8 cm³/mol. The van der Waals surface area contributed by atoms with E-state index in [1.165, 1.54) is 0 Å². The van der Waals surface area contributed by atoms with Crippen molar-refractivity contribution in [1.82, 2.24) is 9.44 Å². The summed E-state index contributed by atoms with van der Waals surface area (Å²) >= 11 is 0. The van der Waals surface area contributed by atoms with Crippen LogP contribution in [0.2, 0.25) is 0 Å². The molecule has 1 unspecified atom stereocenters. The van der Waals surface area contributed by atoms with E-state index >= 15 is 0 Å². The minimum Gasteiger partial charge on any atom is -0.480 e. The predicted octanol–water partition coefficient (Wildman–Crippen LogP) is 0.708. The Balaban J connectivity index is 4.97. The van der Waals surface area contributed by atoms with Gasteiger partial charge in [-0.15, -0.1) is 0 Å². The molecule has 0 aliphatic heterocycles. The zero-order valence-corrected chi connectivity index (χ0v) is 12.0. The topological polar surface area (TPSA) is 95.5 Å². The van der Waals surface area contributed by atoms with Crippen molar-refractivity contribution in [2.45, 2.75) is 53.1 Å². The number of nitrogens with one attached hydrogen (secondary N) is 2. The summed E-state index contributed by atoms with van der Waals surface area (Å²) in [7, 11) is -3.85. The zero-order chi connectivity index (χ0) is 14.1. The Morgan fingerprint density at radius 1 is 1.12 bits per heavy atom. The highest BCUT2D eigenvalue weighted by molar-refractivity contribution is 7.87. The lowest BCUT2D eigenvalue weighted by Gasteiger charge is -2.29. The lowest BCUT2D eigenvalue weighted by atomic mass is 9.88. The lowest BCUT2D eigenvalue weighted by molar-refractivity contribution is -0.141. The van der Waals surface area contributed by atoms with Gasteiger partial charge in [0.15, 0.2) is 0 Å². The van der Waals surface area contributed by atoms with Gasteiger partial charge >= 0.3 is 5.97 Å². The number of rotatable bonds is 4. The van der Waals surface area contributed by atoms with Gasteiger partial charge in [0, 0.05) is 5.54 Å². The Labute approximate surface area is 103 Å². The second-order valence-corrected chi connectivity index (χ2v) is 7.56. The minimum atomic E-state index is -3.85. The molecule has 0 rings (SSSR count). The van der Waals surface area contributed by atoms with Crippen LogP contribution in [-0.4, -0.2) is 31.1 Å². The molecule has 0 amide bonds. The van der Waals surface area contributed by atoms with E-state index in [1.807, 2.05) is 0 Å². The maximum absolute atomic E-state index is 11.7. The van der Waals surface area contributed by atoms with E-state index in [0.717, 1.165) is 0 Å². The highest BCUT2D eigenvalue weighted by atomic mass is 32.2. The van der Waals surface area contributed by atoms with Crippen molar-refractivity contribution in [3.05, 3.63) is 0 Å². The quantitative estimate of drug-likeness (QED) is 0.698. The maximum atomic E-state index is 11.7. The fourth-order valence-electron chi connectivity index (χ4n) is 1.19. The van der Waals surface area contributed by atoms with Gasteiger partial charge in [0.2, 0.25) is 0 Å². The molecule has 0 radical (unpaired) electrons. The first-order valence-corrected chi connectivity index (χ1v) is 6.77. The Hall–Kier alpha value is -0.660. The van der Waals surface area contributed by atoms with Crippen LogP contribution >= 0.6 is 0 Å². The van der Waals surface area contributed by atoms with Crippen molar-refractivity contribution in [3.8, 4) is 0 Å². The number of hydrogen-bond acceptors (Lipinski definition) is 3. The Kier molecular flexibility index (Phi) is 4.72. The molecule has 102 valence electrons. The van der Waals surface area contributed by atoms with Crippen LogP contribution in [0.25, 0.3) is 0 Å². The summed E-state index contributed by atoms with van der Waals surface area (Å²) in [4.78, 5) is 11.0. The molecule has 0 spiro atoms. The molecular formula is C10H22N2O4S. The standard InChI is InChI=1S/C10H22N2O4S/c1-9(2,3)7(8(13)14)11-17(15,16)12-10(4,5)6/h7,11-12H,1-6H3,(H,13,14). The van der Waals surface area contributed by atoms with E-state index in [9.17, 15) is 13.2 Å². The van der Waals surface area contributed by atoms with E-state index in [2.05, 4.69) is 9.44 Å². The van der Waals surface area contributed by atoms with E-state index in [4.69, 9.17) is 5.11 Å². The molecule has 6 nitrogen and oxygen atoms in total. The molecule has 0 aromatic carbocycles. The largest absolute Gasteiger partial charge is 0.480 e. The van der Waals surface area contributed by atoms with Gasteiger partial charge in [-0.2, -0.15) is 17.9 Å². The molecule has 0 aliphatic rings. The SMILES string of the molecule is CC(C)(C)NS(=O)(=O)NC(C(=O)O)C(C)(C)C. The van der Waals surface area contributed by atoms with Crippen LogP contribution in [-0.2, 0) is 15.0 Å². The molecule has 7 heteroatoms. The fourth-order valence-corrected chi connectivity index (χ4v) is 2.82. The summed E-state index contributed by atoms with van der Waals surface area (Å²) in [5.74, 6) is -1.20. The van der Waals surface area contributed by atoms with Crippen LogP contribution in [0.5, 0.6) is 0 Å². The molecule has 0 saturated carbocycles. The summed E-state index contributed by atoms with van der Waals surface area (Å²) in [6.07, 6.45) is 0. The molecule has 0 bridgehead atoms. The smallest absolute Gasteiger partial charge is 0.322 e. The van der Waals surface area contributed by atoms with Crippen LogP contribution in [0.3, 0.4) is 0 Å². The summed E-state index contributed by atoms with van der Waals surface area (Å²) in [5, 5.41) is 9.02. The van der Waals surface area contributed by atoms with Crippen LogP contribution in [0.15, 0.2) is 0 Å². The van der Waals surface area contributed by atoms with Gasteiger partial charge in [0.05, 0.1) is 0 Å². The minimum absolute atomic E-state index is 0.660. The van der Waals surface area contributed by atoms with Crippen molar-refractivity contribution in [2.24, 2.45) is 5.41 Å². The normalized spacial score (nSPS) is 15.6. The number of carbonyl (C=O) groups is 1. The molecule has 17 heavy (non-hydrogen) atoms. The average molecular weight is 266 g/mol. The third-order valence-electron chi connectivity index (χ3n) is 1.83. The molecule has 0 fully saturated rings. The highest BCUT2D eigenvalue weighted by Crippen LogP contribution is 2.20. The van der Waals surface area contributed by atoms with Crippen molar-refractivity contribution < 1.29 is 18.3 Å². The summed E-state index contributed by atoms with van der Waals surface area (Å²) in [6.45, 7) is 10.0. The molecule has 0 aromatic rings. The first-order valence-electron chi connectivity index (χ1n) is 5.29. The number of hydrogen-bond donors (Lipinski definition) is 3. The maximum Gasteiger partial charge on any atom is 0.322 e. The van der Waals surface area contributed by atoms with Gasteiger partial charge in [0.1, 0.15) is 6.04 Å². The monoisotopic (exact) mass is 266 g/mol. The van der Waals surface area contributed by atoms with E-state index in [0.29, 0.717) is 0 Å². The van der Waals surface area contributed by atoms with Crippen LogP contribution < -0.4 is 9.44 Å². The van der Waals surface area contributed by atoms with E-state index in [1.54, 1.807) is 41.5 Å². The van der Waals surface area contributed by atoms with Crippen LogP contribution in [0, 0.1) is 5.41 Å². The Bertz CT molecular complexity index is 376. The van der Waals surface area contributed by atoms with E-state index < -0.39 is 33.2 Å². The fraction of sp³-hybridized carbons (Fsp3) is 0.900. The first kappa shape index (κ1) is 16.3. The molecule has 0 aromatic heterocycles. The van der Waals surface area contributed by atoms with Crippen molar-refractivity contribution in [3.63, 3.8) is 0 Å². The van der Waals surface area contributed by atoms with Gasteiger partial charge in [-0.05, 0) is 26.2 Å². The van der Waals surface area contributed by atoms with Crippen molar-refractivity contribution in [2.75, 3.05) is 0 Å².